The van der Waals surface area contributed by atoms with Gasteiger partial charge in [-0.2, -0.15) is 0 Å². The number of halogens is 1. The highest BCUT2D eigenvalue weighted by atomic mass is 35.5. The quantitative estimate of drug-likeness (QED) is 0.255. The first-order chi connectivity index (χ1) is 14.9. The molecule has 1 amide bonds. The summed E-state index contributed by atoms with van der Waals surface area (Å²) in [6.07, 6.45) is -0.689. The van der Waals surface area contributed by atoms with Crippen LogP contribution in [0.5, 0.6) is 5.75 Å². The topological polar surface area (TPSA) is 95.0 Å². The lowest BCUT2D eigenvalue weighted by molar-refractivity contribution is 0.0954. The molecule has 4 N–H and O–H groups in total. The molecule has 0 aliphatic rings. The van der Waals surface area contributed by atoms with Crippen LogP contribution in [0.4, 0.5) is 0 Å². The van der Waals surface area contributed by atoms with E-state index in [4.69, 9.17) is 16.3 Å². The van der Waals surface area contributed by atoms with Crippen LogP contribution < -0.4 is 20.7 Å². The maximum Gasteiger partial charge on any atom is 0.251 e. The Labute approximate surface area is 188 Å². The minimum absolute atomic E-state index is 0.0650. The lowest BCUT2D eigenvalue weighted by Crippen LogP contribution is -2.41. The van der Waals surface area contributed by atoms with Gasteiger partial charge < -0.3 is 25.8 Å². The minimum atomic E-state index is -0.754. The number of amides is 1. The van der Waals surface area contributed by atoms with E-state index in [2.05, 4.69) is 20.9 Å². The van der Waals surface area contributed by atoms with Crippen LogP contribution in [-0.2, 0) is 0 Å². The van der Waals surface area contributed by atoms with Gasteiger partial charge in [-0.1, -0.05) is 23.7 Å². The fourth-order valence-electron chi connectivity index (χ4n) is 2.75. The maximum absolute atomic E-state index is 12.1. The van der Waals surface area contributed by atoms with Crippen molar-refractivity contribution in [1.82, 2.24) is 16.0 Å². The van der Waals surface area contributed by atoms with Gasteiger partial charge in [-0.15, -0.1) is 0 Å². The van der Waals surface area contributed by atoms with E-state index in [9.17, 15) is 9.90 Å². The normalized spacial score (nSPS) is 12.4. The third-order valence-electron chi connectivity index (χ3n) is 4.19. The molecule has 0 aromatic heterocycles. The molecular weight excluding hydrogens is 416 g/mol. The van der Waals surface area contributed by atoms with E-state index in [1.54, 1.807) is 24.3 Å². The molecule has 168 valence electrons. The second-order valence-electron chi connectivity index (χ2n) is 7.16. The number of guanidine groups is 1. The van der Waals surface area contributed by atoms with Crippen LogP contribution in [-0.4, -0.2) is 49.3 Å². The highest BCUT2D eigenvalue weighted by Gasteiger charge is 2.10. The molecule has 0 saturated heterocycles. The Hall–Kier alpha value is -2.77. The first kappa shape index (κ1) is 24.5. The number of rotatable bonds is 10. The lowest BCUT2D eigenvalue weighted by Gasteiger charge is -2.15. The molecule has 2 aromatic rings. The number of ether oxygens (including phenoxy) is 1. The van der Waals surface area contributed by atoms with E-state index in [1.807, 2.05) is 45.0 Å². The highest BCUT2D eigenvalue weighted by molar-refractivity contribution is 6.30. The van der Waals surface area contributed by atoms with Gasteiger partial charge in [0.2, 0.25) is 0 Å². The molecule has 0 fully saturated rings. The van der Waals surface area contributed by atoms with Crippen LogP contribution >= 0.6 is 11.6 Å². The Morgan fingerprint density at radius 2 is 1.81 bits per heavy atom. The van der Waals surface area contributed by atoms with Crippen molar-refractivity contribution < 1.29 is 14.6 Å². The molecule has 0 aliphatic heterocycles. The molecule has 0 saturated carbocycles. The Balaban J connectivity index is 1.84. The van der Waals surface area contributed by atoms with Crippen LogP contribution in [0.25, 0.3) is 0 Å². The van der Waals surface area contributed by atoms with Crippen molar-refractivity contribution in [2.24, 2.45) is 4.99 Å². The first-order valence-electron chi connectivity index (χ1n) is 10.4. The van der Waals surface area contributed by atoms with Gasteiger partial charge in [0.25, 0.3) is 5.91 Å². The fourth-order valence-corrected chi connectivity index (χ4v) is 2.88. The number of carbonyl (C=O) groups is 1. The Kier molecular flexibility index (Phi) is 10.1. The smallest absolute Gasteiger partial charge is 0.251 e. The number of carbonyl (C=O) groups excluding carboxylic acids is 1. The van der Waals surface area contributed by atoms with Crippen LogP contribution in [0, 0.1) is 0 Å². The monoisotopic (exact) mass is 446 g/mol. The summed E-state index contributed by atoms with van der Waals surface area (Å²) in [5, 5.41) is 20.2. The zero-order valence-electron chi connectivity index (χ0n) is 18.2. The van der Waals surface area contributed by atoms with Crippen molar-refractivity contribution in [3.05, 3.63) is 64.7 Å². The maximum atomic E-state index is 12.1. The predicted molar refractivity (Wildman–Crippen MR) is 125 cm³/mol. The van der Waals surface area contributed by atoms with Crippen molar-refractivity contribution in [3.8, 4) is 5.75 Å². The van der Waals surface area contributed by atoms with Gasteiger partial charge in [0, 0.05) is 30.2 Å². The van der Waals surface area contributed by atoms with Crippen molar-refractivity contribution >= 4 is 23.5 Å². The van der Waals surface area contributed by atoms with Crippen molar-refractivity contribution in [2.45, 2.75) is 33.0 Å². The summed E-state index contributed by atoms with van der Waals surface area (Å²) in [4.78, 5) is 16.6. The van der Waals surface area contributed by atoms with E-state index in [0.717, 1.165) is 11.3 Å². The summed E-state index contributed by atoms with van der Waals surface area (Å²) in [5.41, 5.74) is 1.30. The van der Waals surface area contributed by atoms with E-state index in [0.29, 0.717) is 36.2 Å². The second-order valence-corrected chi connectivity index (χ2v) is 7.60. The number of hydrogen-bond donors (Lipinski definition) is 4. The van der Waals surface area contributed by atoms with E-state index in [1.165, 1.54) is 0 Å². The summed E-state index contributed by atoms with van der Waals surface area (Å²) < 4.78 is 5.68. The van der Waals surface area contributed by atoms with Gasteiger partial charge >= 0.3 is 0 Å². The molecule has 1 unspecified atom stereocenters. The SMILES string of the molecule is CCNC(=NCC(O)c1cccc(OC(C)C)c1)NCCNC(=O)c1ccc(Cl)cc1. The van der Waals surface area contributed by atoms with Crippen molar-refractivity contribution in [3.63, 3.8) is 0 Å². The summed E-state index contributed by atoms with van der Waals surface area (Å²) in [7, 11) is 0. The molecule has 2 aromatic carbocycles. The average molecular weight is 447 g/mol. The number of hydrogen-bond acceptors (Lipinski definition) is 4. The van der Waals surface area contributed by atoms with E-state index >= 15 is 0 Å². The van der Waals surface area contributed by atoms with Crippen molar-refractivity contribution in [1.29, 1.82) is 0 Å². The molecule has 31 heavy (non-hydrogen) atoms. The largest absolute Gasteiger partial charge is 0.491 e. The molecule has 0 radical (unpaired) electrons. The summed E-state index contributed by atoms with van der Waals surface area (Å²) in [6.45, 7) is 7.65. The molecule has 0 aliphatic carbocycles. The first-order valence-corrected chi connectivity index (χ1v) is 10.8. The number of aliphatic hydroxyl groups is 1. The summed E-state index contributed by atoms with van der Waals surface area (Å²) >= 11 is 5.84. The Morgan fingerprint density at radius 1 is 1.10 bits per heavy atom. The van der Waals surface area contributed by atoms with Crippen LogP contribution in [0.3, 0.4) is 0 Å². The molecule has 0 spiro atoms. The van der Waals surface area contributed by atoms with Gasteiger partial charge in [-0.25, -0.2) is 0 Å². The highest BCUT2D eigenvalue weighted by Crippen LogP contribution is 2.20. The van der Waals surface area contributed by atoms with E-state index in [-0.39, 0.29) is 18.6 Å². The van der Waals surface area contributed by atoms with Crippen molar-refractivity contribution in [2.75, 3.05) is 26.2 Å². The average Bonchev–Trinajstić information content (AvgIpc) is 2.74. The van der Waals surface area contributed by atoms with Gasteiger partial charge in [0.1, 0.15) is 5.75 Å². The number of aliphatic imine (C=N–C) groups is 1. The molecule has 2 rings (SSSR count). The van der Waals surface area contributed by atoms with Gasteiger partial charge in [-0.3, -0.25) is 9.79 Å². The number of benzene rings is 2. The number of nitrogens with one attached hydrogen (secondary N) is 3. The van der Waals surface area contributed by atoms with Crippen LogP contribution in [0.15, 0.2) is 53.5 Å². The van der Waals surface area contributed by atoms with Crippen LogP contribution in [0.1, 0.15) is 42.8 Å². The number of nitrogens with zero attached hydrogens (tertiary/aromatic N) is 1. The summed E-state index contributed by atoms with van der Waals surface area (Å²) in [6, 6.07) is 14.1. The zero-order valence-corrected chi connectivity index (χ0v) is 18.9. The molecular formula is C23H31ClN4O3. The van der Waals surface area contributed by atoms with Gasteiger partial charge in [0.05, 0.1) is 18.8 Å². The van der Waals surface area contributed by atoms with Gasteiger partial charge in [0.15, 0.2) is 5.96 Å². The zero-order chi connectivity index (χ0) is 22.6. The fraction of sp³-hybridized carbons (Fsp3) is 0.391. The van der Waals surface area contributed by atoms with E-state index < -0.39 is 6.10 Å². The summed E-state index contributed by atoms with van der Waals surface area (Å²) in [5.74, 6) is 1.12. The Morgan fingerprint density at radius 3 is 2.48 bits per heavy atom. The second kappa shape index (κ2) is 12.8. The molecule has 0 heterocycles. The molecule has 7 nitrogen and oxygen atoms in total. The lowest BCUT2D eigenvalue weighted by atomic mass is 10.1. The predicted octanol–water partition coefficient (Wildman–Crippen LogP) is 3.15. The minimum Gasteiger partial charge on any atom is -0.491 e. The Bertz CT molecular complexity index is 856. The van der Waals surface area contributed by atoms with Gasteiger partial charge in [-0.05, 0) is 62.7 Å². The third kappa shape index (κ3) is 8.86. The molecule has 8 heteroatoms. The molecule has 1 atom stereocenters. The third-order valence-corrected chi connectivity index (χ3v) is 4.44. The standard InChI is InChI=1S/C23H31ClN4O3/c1-4-25-23(27-13-12-26-22(30)17-8-10-19(24)11-9-17)28-15-21(29)18-6-5-7-20(14-18)31-16(2)3/h5-11,14,16,21,29H,4,12-13,15H2,1-3H3,(H,26,30)(H2,25,27,28). The molecule has 0 bridgehead atoms. The number of aliphatic hydroxyl groups excluding tert-OH is 1. The van der Waals surface area contributed by atoms with Crippen LogP contribution in [0.2, 0.25) is 5.02 Å².